The number of rotatable bonds is 4. The van der Waals surface area contributed by atoms with Gasteiger partial charge >= 0.3 is 0 Å². The molecule has 0 aliphatic carbocycles. The molecule has 0 unspecified atom stereocenters. The number of halogens is 1. The van der Waals surface area contributed by atoms with Gasteiger partial charge < -0.3 is 4.74 Å². The highest BCUT2D eigenvalue weighted by Gasteiger charge is 2.11. The molecule has 1 aromatic heterocycles. The summed E-state index contributed by atoms with van der Waals surface area (Å²) >= 11 is 0. The molecule has 1 rings (SSSR count). The van der Waals surface area contributed by atoms with E-state index >= 15 is 0 Å². The Hall–Kier alpha value is -0.970. The van der Waals surface area contributed by atoms with Crippen molar-refractivity contribution in [3.8, 4) is 0 Å². The Morgan fingerprint density at radius 2 is 2.21 bits per heavy atom. The molecule has 5 heteroatoms. The molecular formula is C9H16FN3O. The largest absolute Gasteiger partial charge is 0.369 e. The summed E-state index contributed by atoms with van der Waals surface area (Å²) in [5, 5.41) is 7.61. The number of ether oxygens (including phenoxy) is 1. The van der Waals surface area contributed by atoms with Gasteiger partial charge in [-0.2, -0.15) is 0 Å². The summed E-state index contributed by atoms with van der Waals surface area (Å²) in [4.78, 5) is 0. The Kier molecular flexibility index (Phi) is 3.57. The molecule has 4 nitrogen and oxygen atoms in total. The van der Waals surface area contributed by atoms with E-state index in [1.807, 2.05) is 20.8 Å². The van der Waals surface area contributed by atoms with Gasteiger partial charge in [0, 0.05) is 0 Å². The van der Waals surface area contributed by atoms with Gasteiger partial charge in [0.05, 0.1) is 24.9 Å². The molecule has 0 aliphatic rings. The number of nitrogens with zero attached hydrogens (tertiary/aromatic N) is 3. The Labute approximate surface area is 83.1 Å². The maximum absolute atomic E-state index is 11.9. The second kappa shape index (κ2) is 4.50. The van der Waals surface area contributed by atoms with E-state index in [1.54, 1.807) is 6.20 Å². The predicted molar refractivity (Wildman–Crippen MR) is 50.5 cm³/mol. The van der Waals surface area contributed by atoms with Gasteiger partial charge in [0.1, 0.15) is 12.4 Å². The van der Waals surface area contributed by atoms with Gasteiger partial charge in [-0.1, -0.05) is 5.21 Å². The SMILES string of the molecule is CC(C)(C)OCc1cn(CCF)nn1. The van der Waals surface area contributed by atoms with Gasteiger partial charge in [0.2, 0.25) is 0 Å². The first-order chi connectivity index (χ1) is 6.51. The first-order valence-corrected chi connectivity index (χ1v) is 4.60. The molecule has 0 bridgehead atoms. The fraction of sp³-hybridized carbons (Fsp3) is 0.778. The predicted octanol–water partition coefficient (Wildman–Crippen LogP) is 1.56. The fourth-order valence-electron chi connectivity index (χ4n) is 0.891. The third-order valence-corrected chi connectivity index (χ3v) is 1.55. The van der Waals surface area contributed by atoms with E-state index in [9.17, 15) is 4.39 Å². The van der Waals surface area contributed by atoms with Crippen molar-refractivity contribution in [1.29, 1.82) is 0 Å². The summed E-state index contributed by atoms with van der Waals surface area (Å²) in [6.45, 7) is 6.15. The van der Waals surface area contributed by atoms with Crippen LogP contribution in [0.1, 0.15) is 26.5 Å². The minimum atomic E-state index is -0.428. The van der Waals surface area contributed by atoms with Gasteiger partial charge in [-0.3, -0.25) is 0 Å². The highest BCUT2D eigenvalue weighted by atomic mass is 19.1. The van der Waals surface area contributed by atoms with E-state index in [4.69, 9.17) is 4.74 Å². The van der Waals surface area contributed by atoms with Crippen LogP contribution in [0.25, 0.3) is 0 Å². The summed E-state index contributed by atoms with van der Waals surface area (Å²) in [5.74, 6) is 0. The average Bonchev–Trinajstić information content (AvgIpc) is 2.49. The Bertz CT molecular complexity index is 280. The first-order valence-electron chi connectivity index (χ1n) is 4.60. The molecule has 0 spiro atoms. The van der Waals surface area contributed by atoms with E-state index in [1.165, 1.54) is 4.68 Å². The first kappa shape index (κ1) is 11.1. The summed E-state index contributed by atoms with van der Waals surface area (Å²) in [7, 11) is 0. The lowest BCUT2D eigenvalue weighted by Gasteiger charge is -2.18. The van der Waals surface area contributed by atoms with Crippen molar-refractivity contribution in [1.82, 2.24) is 15.0 Å². The Morgan fingerprint density at radius 3 is 2.79 bits per heavy atom. The lowest BCUT2D eigenvalue weighted by molar-refractivity contribution is -0.0165. The average molecular weight is 201 g/mol. The van der Waals surface area contributed by atoms with E-state index in [0.717, 1.165) is 5.69 Å². The molecule has 0 aromatic carbocycles. The summed E-state index contributed by atoms with van der Waals surface area (Å²) in [6.07, 6.45) is 1.70. The van der Waals surface area contributed by atoms with Crippen LogP contribution in [0, 0.1) is 0 Å². The lowest BCUT2D eigenvalue weighted by atomic mass is 10.2. The van der Waals surface area contributed by atoms with Crippen LogP contribution >= 0.6 is 0 Å². The zero-order valence-electron chi connectivity index (χ0n) is 8.83. The third kappa shape index (κ3) is 3.83. The fourth-order valence-corrected chi connectivity index (χ4v) is 0.891. The van der Waals surface area contributed by atoms with Gasteiger partial charge in [-0.25, -0.2) is 9.07 Å². The van der Waals surface area contributed by atoms with Crippen LogP contribution in [0.3, 0.4) is 0 Å². The number of aromatic nitrogens is 3. The van der Waals surface area contributed by atoms with Crippen LogP contribution in [0.15, 0.2) is 6.20 Å². The second-order valence-electron chi connectivity index (χ2n) is 4.06. The van der Waals surface area contributed by atoms with Crippen molar-refractivity contribution < 1.29 is 9.13 Å². The lowest BCUT2D eigenvalue weighted by Crippen LogP contribution is -2.18. The number of alkyl halides is 1. The molecule has 0 radical (unpaired) electrons. The second-order valence-corrected chi connectivity index (χ2v) is 4.06. The standard InChI is InChI=1S/C9H16FN3O/c1-9(2,3)14-7-8-6-13(5-4-10)12-11-8/h6H,4-5,7H2,1-3H3. The molecule has 0 aliphatic heterocycles. The molecule has 0 saturated heterocycles. The van der Waals surface area contributed by atoms with E-state index < -0.39 is 6.67 Å². The molecule has 80 valence electrons. The molecule has 0 atom stereocenters. The van der Waals surface area contributed by atoms with Crippen molar-refractivity contribution in [2.45, 2.75) is 39.5 Å². The van der Waals surface area contributed by atoms with Crippen LogP contribution in [0.5, 0.6) is 0 Å². The minimum Gasteiger partial charge on any atom is -0.369 e. The van der Waals surface area contributed by atoms with E-state index in [2.05, 4.69) is 10.3 Å². The Morgan fingerprint density at radius 1 is 1.50 bits per heavy atom. The van der Waals surface area contributed by atoms with Gasteiger partial charge in [-0.15, -0.1) is 5.10 Å². The summed E-state index contributed by atoms with van der Waals surface area (Å²) < 4.78 is 18.9. The van der Waals surface area contributed by atoms with Gasteiger partial charge in [-0.05, 0) is 20.8 Å². The molecule has 1 aromatic rings. The van der Waals surface area contributed by atoms with Crippen molar-refractivity contribution >= 4 is 0 Å². The van der Waals surface area contributed by atoms with Crippen LogP contribution in [0.4, 0.5) is 4.39 Å². The number of hydrogen-bond acceptors (Lipinski definition) is 3. The molecule has 14 heavy (non-hydrogen) atoms. The molecule has 0 N–H and O–H groups in total. The third-order valence-electron chi connectivity index (χ3n) is 1.55. The van der Waals surface area contributed by atoms with Crippen LogP contribution in [-0.2, 0) is 17.9 Å². The van der Waals surface area contributed by atoms with Crippen molar-refractivity contribution in [2.24, 2.45) is 0 Å². The van der Waals surface area contributed by atoms with Gasteiger partial charge in [0.25, 0.3) is 0 Å². The molecule has 1 heterocycles. The quantitative estimate of drug-likeness (QED) is 0.742. The van der Waals surface area contributed by atoms with E-state index in [0.29, 0.717) is 6.61 Å². The van der Waals surface area contributed by atoms with Crippen LogP contribution in [-0.4, -0.2) is 27.3 Å². The van der Waals surface area contributed by atoms with E-state index in [-0.39, 0.29) is 12.1 Å². The maximum Gasteiger partial charge on any atom is 0.109 e. The smallest absolute Gasteiger partial charge is 0.109 e. The molecule has 0 saturated carbocycles. The number of hydrogen-bond donors (Lipinski definition) is 0. The Balaban J connectivity index is 2.44. The van der Waals surface area contributed by atoms with Crippen molar-refractivity contribution in [2.75, 3.05) is 6.67 Å². The van der Waals surface area contributed by atoms with Crippen LogP contribution in [0.2, 0.25) is 0 Å². The normalized spacial score (nSPS) is 12.0. The summed E-state index contributed by atoms with van der Waals surface area (Å²) in [6, 6.07) is 0. The molecular weight excluding hydrogens is 185 g/mol. The topological polar surface area (TPSA) is 39.9 Å². The highest BCUT2D eigenvalue weighted by molar-refractivity contribution is 4.90. The van der Waals surface area contributed by atoms with Crippen LogP contribution < -0.4 is 0 Å². The molecule has 0 fully saturated rings. The zero-order valence-corrected chi connectivity index (χ0v) is 8.83. The summed E-state index contributed by atoms with van der Waals surface area (Å²) in [5.41, 5.74) is 0.539. The minimum absolute atomic E-state index is 0.191. The zero-order chi connectivity index (χ0) is 10.6. The molecule has 0 amide bonds. The van der Waals surface area contributed by atoms with Crippen molar-refractivity contribution in [3.05, 3.63) is 11.9 Å². The maximum atomic E-state index is 11.9. The highest BCUT2D eigenvalue weighted by Crippen LogP contribution is 2.09. The number of aryl methyl sites for hydroxylation is 1. The van der Waals surface area contributed by atoms with Gasteiger partial charge in [0.15, 0.2) is 0 Å². The van der Waals surface area contributed by atoms with Crippen molar-refractivity contribution in [3.63, 3.8) is 0 Å². The monoisotopic (exact) mass is 201 g/mol.